The molecule has 18 heavy (non-hydrogen) atoms. The lowest BCUT2D eigenvalue weighted by Crippen LogP contribution is -2.53. The van der Waals surface area contributed by atoms with Gasteiger partial charge in [-0.25, -0.2) is 0 Å². The number of alkyl halides is 1. The van der Waals surface area contributed by atoms with Gasteiger partial charge in [-0.1, -0.05) is 35.2 Å². The highest BCUT2D eigenvalue weighted by atomic mass is 79.9. The smallest absolute Gasteiger partial charge is 0.0730 e. The van der Waals surface area contributed by atoms with Crippen LogP contribution < -0.4 is 0 Å². The molecule has 2 unspecified atom stereocenters. The number of nitrogens with zero attached hydrogens (tertiary/aromatic N) is 1. The molecule has 3 aliphatic rings. The van der Waals surface area contributed by atoms with Crippen LogP contribution in [0.15, 0.2) is 0 Å². The van der Waals surface area contributed by atoms with Gasteiger partial charge in [0.2, 0.25) is 0 Å². The molecular formula is C15H26BrNO. The van der Waals surface area contributed by atoms with Gasteiger partial charge in [0.05, 0.1) is 12.7 Å². The summed E-state index contributed by atoms with van der Waals surface area (Å²) in [6, 6.07) is 0.733. The first-order valence-electron chi connectivity index (χ1n) is 7.75. The molecule has 3 fully saturated rings. The van der Waals surface area contributed by atoms with Crippen molar-refractivity contribution in [3.8, 4) is 0 Å². The zero-order chi connectivity index (χ0) is 12.4. The minimum atomic E-state index is 0.551. The number of rotatable bonds is 3. The van der Waals surface area contributed by atoms with E-state index in [1.54, 1.807) is 0 Å². The SMILES string of the molecule is BrCC1(CN2CCOC3CCCC32)CCCCC1. The van der Waals surface area contributed by atoms with Gasteiger partial charge in [-0.05, 0) is 37.5 Å². The molecule has 0 radical (unpaired) electrons. The van der Waals surface area contributed by atoms with E-state index in [1.807, 2.05) is 0 Å². The second-order valence-corrected chi connectivity index (χ2v) is 7.13. The molecule has 2 saturated carbocycles. The summed E-state index contributed by atoms with van der Waals surface area (Å²) in [6.07, 6.45) is 11.7. The Morgan fingerprint density at radius 2 is 1.94 bits per heavy atom. The average Bonchev–Trinajstić information content (AvgIpc) is 2.89. The van der Waals surface area contributed by atoms with Gasteiger partial charge >= 0.3 is 0 Å². The number of halogens is 1. The Kier molecular flexibility index (Phi) is 4.32. The fourth-order valence-electron chi connectivity index (χ4n) is 4.27. The molecule has 0 aromatic heterocycles. The quantitative estimate of drug-likeness (QED) is 0.738. The second kappa shape index (κ2) is 5.80. The van der Waals surface area contributed by atoms with Crippen molar-refractivity contribution in [2.75, 3.05) is 25.0 Å². The summed E-state index contributed by atoms with van der Waals surface area (Å²) in [4.78, 5) is 2.77. The third-order valence-electron chi connectivity index (χ3n) is 5.33. The summed E-state index contributed by atoms with van der Waals surface area (Å²) < 4.78 is 5.93. The van der Waals surface area contributed by atoms with Crippen molar-refractivity contribution in [3.05, 3.63) is 0 Å². The van der Waals surface area contributed by atoms with Crippen LogP contribution in [0.25, 0.3) is 0 Å². The minimum absolute atomic E-state index is 0.551. The molecule has 0 spiro atoms. The molecule has 3 heteroatoms. The van der Waals surface area contributed by atoms with E-state index in [1.165, 1.54) is 63.2 Å². The first-order valence-corrected chi connectivity index (χ1v) is 8.87. The Hall–Kier alpha value is 0.400. The summed E-state index contributed by atoms with van der Waals surface area (Å²) in [7, 11) is 0. The second-order valence-electron chi connectivity index (χ2n) is 6.57. The number of fused-ring (bicyclic) bond motifs is 1. The molecule has 0 bridgehead atoms. The van der Waals surface area contributed by atoms with Crippen LogP contribution in [0.2, 0.25) is 0 Å². The highest BCUT2D eigenvalue weighted by Gasteiger charge is 2.40. The van der Waals surface area contributed by atoms with Crippen molar-refractivity contribution in [1.82, 2.24) is 4.90 Å². The third kappa shape index (κ3) is 2.64. The standard InChI is InChI=1S/C15H26BrNO/c16-11-15(7-2-1-3-8-15)12-17-9-10-18-14-6-4-5-13(14)17/h13-14H,1-12H2. The number of hydrogen-bond donors (Lipinski definition) is 0. The van der Waals surface area contributed by atoms with Crippen LogP contribution in [0.1, 0.15) is 51.4 Å². The van der Waals surface area contributed by atoms with Crippen LogP contribution in [0.5, 0.6) is 0 Å². The molecule has 2 atom stereocenters. The Morgan fingerprint density at radius 3 is 2.72 bits per heavy atom. The van der Waals surface area contributed by atoms with Crippen LogP contribution >= 0.6 is 15.9 Å². The van der Waals surface area contributed by atoms with Gasteiger partial charge in [-0.15, -0.1) is 0 Å². The molecule has 0 aromatic carbocycles. The Morgan fingerprint density at radius 1 is 1.11 bits per heavy atom. The molecule has 1 aliphatic heterocycles. The summed E-state index contributed by atoms with van der Waals surface area (Å²) >= 11 is 3.81. The molecule has 3 rings (SSSR count). The van der Waals surface area contributed by atoms with Crippen molar-refractivity contribution >= 4 is 15.9 Å². The van der Waals surface area contributed by atoms with Crippen molar-refractivity contribution in [2.45, 2.75) is 63.5 Å². The zero-order valence-electron chi connectivity index (χ0n) is 11.4. The van der Waals surface area contributed by atoms with Gasteiger partial charge in [0.25, 0.3) is 0 Å². The minimum Gasteiger partial charge on any atom is -0.375 e. The van der Waals surface area contributed by atoms with Crippen LogP contribution in [0, 0.1) is 5.41 Å². The molecule has 0 aromatic rings. The fourth-order valence-corrected chi connectivity index (χ4v) is 5.01. The lowest BCUT2D eigenvalue weighted by atomic mass is 9.75. The summed E-state index contributed by atoms with van der Waals surface area (Å²) in [5, 5.41) is 1.19. The van der Waals surface area contributed by atoms with E-state index in [9.17, 15) is 0 Å². The normalized spacial score (nSPS) is 36.5. The number of hydrogen-bond acceptors (Lipinski definition) is 2. The average molecular weight is 316 g/mol. The highest BCUT2D eigenvalue weighted by Crippen LogP contribution is 2.40. The molecule has 1 heterocycles. The lowest BCUT2D eigenvalue weighted by Gasteiger charge is -2.45. The van der Waals surface area contributed by atoms with Gasteiger partial charge in [0.15, 0.2) is 0 Å². The maximum atomic E-state index is 5.93. The lowest BCUT2D eigenvalue weighted by molar-refractivity contribution is -0.0697. The van der Waals surface area contributed by atoms with Gasteiger partial charge in [-0.3, -0.25) is 4.90 Å². The molecule has 1 saturated heterocycles. The number of ether oxygens (including phenoxy) is 1. The summed E-state index contributed by atoms with van der Waals surface area (Å²) in [5.41, 5.74) is 0.558. The van der Waals surface area contributed by atoms with E-state index in [2.05, 4.69) is 20.8 Å². The van der Waals surface area contributed by atoms with E-state index in [0.29, 0.717) is 11.5 Å². The molecule has 2 nitrogen and oxygen atoms in total. The summed E-state index contributed by atoms with van der Waals surface area (Å²) in [5.74, 6) is 0. The predicted molar refractivity (Wildman–Crippen MR) is 78.3 cm³/mol. The first kappa shape index (κ1) is 13.4. The fraction of sp³-hybridized carbons (Fsp3) is 1.00. The van der Waals surface area contributed by atoms with Gasteiger partial charge in [0, 0.05) is 24.5 Å². The molecular weight excluding hydrogens is 290 g/mol. The molecule has 104 valence electrons. The summed E-state index contributed by atoms with van der Waals surface area (Å²) in [6.45, 7) is 3.43. The Bertz CT molecular complexity index is 278. The van der Waals surface area contributed by atoms with E-state index in [-0.39, 0.29) is 0 Å². The maximum Gasteiger partial charge on any atom is 0.0730 e. The molecule has 0 N–H and O–H groups in total. The van der Waals surface area contributed by atoms with Crippen molar-refractivity contribution in [1.29, 1.82) is 0 Å². The van der Waals surface area contributed by atoms with E-state index < -0.39 is 0 Å². The van der Waals surface area contributed by atoms with Crippen molar-refractivity contribution < 1.29 is 4.74 Å². The topological polar surface area (TPSA) is 12.5 Å². The van der Waals surface area contributed by atoms with Crippen LogP contribution in [-0.2, 0) is 4.74 Å². The number of morpholine rings is 1. The van der Waals surface area contributed by atoms with Crippen LogP contribution in [-0.4, -0.2) is 42.1 Å². The first-order chi connectivity index (χ1) is 8.83. The van der Waals surface area contributed by atoms with Gasteiger partial charge in [0.1, 0.15) is 0 Å². The zero-order valence-corrected chi connectivity index (χ0v) is 13.0. The van der Waals surface area contributed by atoms with Crippen molar-refractivity contribution in [2.24, 2.45) is 5.41 Å². The van der Waals surface area contributed by atoms with E-state index >= 15 is 0 Å². The van der Waals surface area contributed by atoms with Crippen molar-refractivity contribution in [3.63, 3.8) is 0 Å². The molecule has 0 amide bonds. The monoisotopic (exact) mass is 315 g/mol. The van der Waals surface area contributed by atoms with Crippen LogP contribution in [0.4, 0.5) is 0 Å². The third-order valence-corrected chi connectivity index (χ3v) is 6.52. The largest absolute Gasteiger partial charge is 0.375 e. The molecule has 2 aliphatic carbocycles. The highest BCUT2D eigenvalue weighted by molar-refractivity contribution is 9.09. The van der Waals surface area contributed by atoms with Gasteiger partial charge < -0.3 is 4.74 Å². The maximum absolute atomic E-state index is 5.93. The van der Waals surface area contributed by atoms with E-state index in [0.717, 1.165) is 19.2 Å². The van der Waals surface area contributed by atoms with Gasteiger partial charge in [-0.2, -0.15) is 0 Å². The predicted octanol–water partition coefficient (Wildman–Crippen LogP) is 3.59. The Labute approximate surface area is 120 Å². The van der Waals surface area contributed by atoms with E-state index in [4.69, 9.17) is 4.74 Å². The van der Waals surface area contributed by atoms with Crippen LogP contribution in [0.3, 0.4) is 0 Å². The Balaban J connectivity index is 1.66.